The number of fused-ring (bicyclic) bond motifs is 10. The molecular weight excluding hydrogens is 558 g/mol. The van der Waals surface area contributed by atoms with Crippen LogP contribution in [0.1, 0.15) is 49.3 Å². The second-order valence-electron chi connectivity index (χ2n) is 12.4. The van der Waals surface area contributed by atoms with Crippen LogP contribution < -0.4 is 0 Å². The standard InChI is InChI=1S/C44H37NO/c1-3-4-5-13-29(2)34-17-7-6-15-32(34)16-12-14-30-22-24-31(25-23-30)33-26-27-40-39(28-33)43-44(46-40)41-37-20-10-8-18-35(37)36-19-9-11-21-38(36)42(41)45-43/h4-12,14-15,17-29,45H,3,13,16H2,1-2H3/b5-4-,14-12+. The van der Waals surface area contributed by atoms with Gasteiger partial charge in [-0.1, -0.05) is 141 Å². The molecule has 2 nitrogen and oxygen atoms in total. The van der Waals surface area contributed by atoms with E-state index in [1.54, 1.807) is 0 Å². The van der Waals surface area contributed by atoms with E-state index in [-0.39, 0.29) is 0 Å². The SMILES string of the molecule is CC/C=C\CC(C)c1ccccc1C/C=C/c1ccc(-c2ccc3oc4c([nH]c5c6ccccc6c6ccccc6c54)c3c2)cc1. The van der Waals surface area contributed by atoms with Crippen molar-refractivity contribution in [2.45, 2.75) is 39.0 Å². The highest BCUT2D eigenvalue weighted by Crippen LogP contribution is 2.42. The third-order valence-electron chi connectivity index (χ3n) is 9.47. The van der Waals surface area contributed by atoms with Gasteiger partial charge in [0.15, 0.2) is 5.58 Å². The molecule has 2 heteroatoms. The summed E-state index contributed by atoms with van der Waals surface area (Å²) < 4.78 is 6.56. The Hall–Kier alpha value is -5.34. The first-order valence-electron chi connectivity index (χ1n) is 16.5. The summed E-state index contributed by atoms with van der Waals surface area (Å²) in [7, 11) is 0. The summed E-state index contributed by atoms with van der Waals surface area (Å²) in [5.41, 5.74) is 10.5. The molecule has 2 aromatic heterocycles. The summed E-state index contributed by atoms with van der Waals surface area (Å²) >= 11 is 0. The van der Waals surface area contributed by atoms with Crippen LogP contribution >= 0.6 is 0 Å². The molecular formula is C44H37NO. The van der Waals surface area contributed by atoms with E-state index in [0.717, 1.165) is 52.2 Å². The van der Waals surface area contributed by atoms with Crippen LogP contribution in [0.15, 0.2) is 138 Å². The lowest BCUT2D eigenvalue weighted by Gasteiger charge is -2.14. The molecule has 8 aromatic rings. The zero-order valence-corrected chi connectivity index (χ0v) is 26.4. The van der Waals surface area contributed by atoms with E-state index >= 15 is 0 Å². The van der Waals surface area contributed by atoms with E-state index < -0.39 is 0 Å². The third kappa shape index (κ3) is 4.91. The second-order valence-corrected chi connectivity index (χ2v) is 12.4. The molecule has 0 aliphatic heterocycles. The molecule has 0 fully saturated rings. The van der Waals surface area contributed by atoms with Crippen molar-refractivity contribution >= 4 is 60.6 Å². The quantitative estimate of drug-likeness (QED) is 0.137. The summed E-state index contributed by atoms with van der Waals surface area (Å²) in [4.78, 5) is 3.78. The van der Waals surface area contributed by atoms with E-state index in [1.807, 2.05) is 0 Å². The maximum absolute atomic E-state index is 6.56. The number of furan rings is 1. The molecule has 1 N–H and O–H groups in total. The number of hydrogen-bond donors (Lipinski definition) is 1. The molecule has 0 radical (unpaired) electrons. The van der Waals surface area contributed by atoms with E-state index in [2.05, 4.69) is 158 Å². The molecule has 8 rings (SSSR count). The molecule has 6 aromatic carbocycles. The smallest absolute Gasteiger partial charge is 0.161 e. The van der Waals surface area contributed by atoms with Gasteiger partial charge in [0.2, 0.25) is 0 Å². The largest absolute Gasteiger partial charge is 0.454 e. The molecule has 0 spiro atoms. The lowest BCUT2D eigenvalue weighted by molar-refractivity contribution is 0.673. The predicted octanol–water partition coefficient (Wildman–Crippen LogP) is 12.8. The summed E-state index contributed by atoms with van der Waals surface area (Å²) in [6.45, 7) is 4.52. The summed E-state index contributed by atoms with van der Waals surface area (Å²) in [5.74, 6) is 0.517. The highest BCUT2D eigenvalue weighted by Gasteiger charge is 2.19. The van der Waals surface area contributed by atoms with Gasteiger partial charge in [-0.2, -0.15) is 0 Å². The van der Waals surface area contributed by atoms with Gasteiger partial charge in [0.25, 0.3) is 0 Å². The van der Waals surface area contributed by atoms with E-state index in [9.17, 15) is 0 Å². The van der Waals surface area contributed by atoms with Crippen LogP contribution in [-0.4, -0.2) is 4.98 Å². The average Bonchev–Trinajstić information content (AvgIpc) is 3.65. The average molecular weight is 596 g/mol. The summed E-state index contributed by atoms with van der Waals surface area (Å²) in [5, 5.41) is 7.21. The Kier molecular flexibility index (Phi) is 7.27. The first-order chi connectivity index (χ1) is 22.7. The van der Waals surface area contributed by atoms with Gasteiger partial charge < -0.3 is 9.40 Å². The molecule has 1 unspecified atom stereocenters. The minimum absolute atomic E-state index is 0.517. The number of aromatic amines is 1. The van der Waals surface area contributed by atoms with E-state index in [0.29, 0.717) is 5.92 Å². The number of aromatic nitrogens is 1. The van der Waals surface area contributed by atoms with Crippen LogP contribution in [0.3, 0.4) is 0 Å². The van der Waals surface area contributed by atoms with Crippen molar-refractivity contribution in [2.75, 3.05) is 0 Å². The van der Waals surface area contributed by atoms with Crippen molar-refractivity contribution in [3.63, 3.8) is 0 Å². The van der Waals surface area contributed by atoms with Crippen molar-refractivity contribution < 1.29 is 4.42 Å². The van der Waals surface area contributed by atoms with Crippen molar-refractivity contribution in [3.05, 3.63) is 150 Å². The fourth-order valence-corrected chi connectivity index (χ4v) is 7.11. The summed E-state index contributed by atoms with van der Waals surface area (Å²) in [6, 6.07) is 41.6. The van der Waals surface area contributed by atoms with E-state index in [4.69, 9.17) is 4.42 Å². The Morgan fingerprint density at radius 3 is 2.15 bits per heavy atom. The Labute approximate surface area is 269 Å². The van der Waals surface area contributed by atoms with Crippen LogP contribution in [0, 0.1) is 0 Å². The van der Waals surface area contributed by atoms with Gasteiger partial charge in [0.05, 0.1) is 16.4 Å². The Morgan fingerprint density at radius 2 is 1.35 bits per heavy atom. The fraction of sp³-hybridized carbons (Fsp3) is 0.136. The van der Waals surface area contributed by atoms with Crippen LogP contribution in [0.5, 0.6) is 0 Å². The molecule has 224 valence electrons. The lowest BCUT2D eigenvalue weighted by Crippen LogP contribution is -1.97. The number of allylic oxidation sites excluding steroid dienone is 3. The fourth-order valence-electron chi connectivity index (χ4n) is 7.11. The molecule has 0 aliphatic carbocycles. The zero-order valence-electron chi connectivity index (χ0n) is 26.4. The maximum Gasteiger partial charge on any atom is 0.161 e. The molecule has 0 aliphatic rings. The minimum Gasteiger partial charge on any atom is -0.454 e. The van der Waals surface area contributed by atoms with Gasteiger partial charge in [0, 0.05) is 10.8 Å². The lowest BCUT2D eigenvalue weighted by atomic mass is 9.91. The molecule has 0 amide bonds. The molecule has 0 saturated heterocycles. The van der Waals surface area contributed by atoms with Crippen molar-refractivity contribution in [1.82, 2.24) is 4.98 Å². The first kappa shape index (κ1) is 28.2. The maximum atomic E-state index is 6.56. The van der Waals surface area contributed by atoms with Crippen LogP contribution in [-0.2, 0) is 6.42 Å². The van der Waals surface area contributed by atoms with Gasteiger partial charge in [-0.05, 0) is 81.3 Å². The number of nitrogens with one attached hydrogen (secondary N) is 1. The summed E-state index contributed by atoms with van der Waals surface area (Å²) in [6.07, 6.45) is 12.2. The highest BCUT2D eigenvalue weighted by atomic mass is 16.3. The second kappa shape index (κ2) is 11.9. The first-order valence-corrected chi connectivity index (χ1v) is 16.5. The third-order valence-corrected chi connectivity index (χ3v) is 9.47. The van der Waals surface area contributed by atoms with Crippen LogP contribution in [0.2, 0.25) is 0 Å². The Morgan fingerprint density at radius 1 is 0.652 bits per heavy atom. The highest BCUT2D eigenvalue weighted by molar-refractivity contribution is 6.32. The van der Waals surface area contributed by atoms with Gasteiger partial charge in [-0.25, -0.2) is 0 Å². The molecule has 0 saturated carbocycles. The molecule has 2 heterocycles. The van der Waals surface area contributed by atoms with Crippen LogP contribution in [0.4, 0.5) is 0 Å². The Balaban J connectivity index is 1.09. The molecule has 0 bridgehead atoms. The van der Waals surface area contributed by atoms with Gasteiger partial charge in [-0.15, -0.1) is 0 Å². The van der Waals surface area contributed by atoms with Gasteiger partial charge in [-0.3, -0.25) is 0 Å². The zero-order chi connectivity index (χ0) is 31.0. The number of hydrogen-bond acceptors (Lipinski definition) is 1. The van der Waals surface area contributed by atoms with Crippen LogP contribution in [0.25, 0.3) is 71.7 Å². The number of rotatable bonds is 8. The normalized spacial score (nSPS) is 13.0. The van der Waals surface area contributed by atoms with Gasteiger partial charge in [0.1, 0.15) is 5.58 Å². The minimum atomic E-state index is 0.517. The molecule has 46 heavy (non-hydrogen) atoms. The van der Waals surface area contributed by atoms with Gasteiger partial charge >= 0.3 is 0 Å². The van der Waals surface area contributed by atoms with Crippen molar-refractivity contribution in [3.8, 4) is 11.1 Å². The number of benzene rings is 6. The number of H-pyrrole nitrogens is 1. The topological polar surface area (TPSA) is 28.9 Å². The monoisotopic (exact) mass is 595 g/mol. The van der Waals surface area contributed by atoms with Crippen molar-refractivity contribution in [2.24, 2.45) is 0 Å². The van der Waals surface area contributed by atoms with E-state index in [1.165, 1.54) is 49.4 Å². The Bertz CT molecular complexity index is 2420. The molecule has 1 atom stereocenters. The van der Waals surface area contributed by atoms with Crippen molar-refractivity contribution in [1.29, 1.82) is 0 Å². The predicted molar refractivity (Wildman–Crippen MR) is 198 cm³/mol.